The minimum Gasteiger partial charge on any atom is -0.357 e. The Morgan fingerprint density at radius 3 is 2.50 bits per heavy atom. The van der Waals surface area contributed by atoms with Crippen molar-refractivity contribution in [2.24, 2.45) is 13.0 Å². The average Bonchev–Trinajstić information content (AvgIpc) is 3.55. The van der Waals surface area contributed by atoms with Crippen molar-refractivity contribution in [3.63, 3.8) is 0 Å². The molecule has 5 amide bonds. The van der Waals surface area contributed by atoms with Crippen molar-refractivity contribution >= 4 is 29.4 Å². The Morgan fingerprint density at radius 1 is 1.07 bits per heavy atom. The van der Waals surface area contributed by atoms with Gasteiger partial charge in [0, 0.05) is 51.4 Å². The molecule has 40 heavy (non-hydrogen) atoms. The summed E-state index contributed by atoms with van der Waals surface area (Å²) in [7, 11) is 3.29. The number of aromatic nitrogens is 2. The summed E-state index contributed by atoms with van der Waals surface area (Å²) in [6.45, 7) is 2.46. The van der Waals surface area contributed by atoms with Crippen LogP contribution in [-0.2, 0) is 29.5 Å². The van der Waals surface area contributed by atoms with Gasteiger partial charge in [0.1, 0.15) is 17.3 Å². The lowest BCUT2D eigenvalue weighted by Gasteiger charge is -2.43. The van der Waals surface area contributed by atoms with Crippen LogP contribution in [0.15, 0.2) is 30.5 Å². The highest BCUT2D eigenvalue weighted by Gasteiger charge is 2.51. The number of carbonyl (C=O) groups excluding carboxylic acids is 4. The zero-order chi connectivity index (χ0) is 28.4. The van der Waals surface area contributed by atoms with E-state index < -0.39 is 11.6 Å². The predicted octanol–water partition coefficient (Wildman–Crippen LogP) is 2.12. The number of carbonyl (C=O) groups is 4. The van der Waals surface area contributed by atoms with Crippen LogP contribution in [0, 0.1) is 5.92 Å². The molecule has 11 nitrogen and oxygen atoms in total. The summed E-state index contributed by atoms with van der Waals surface area (Å²) in [6, 6.07) is 6.42. The molecule has 1 saturated heterocycles. The van der Waals surface area contributed by atoms with Crippen molar-refractivity contribution in [1.82, 2.24) is 30.6 Å². The largest absolute Gasteiger partial charge is 0.357 e. The van der Waals surface area contributed by atoms with Crippen LogP contribution in [0.5, 0.6) is 0 Å². The monoisotopic (exact) mass is 549 g/mol. The summed E-state index contributed by atoms with van der Waals surface area (Å²) in [5.41, 5.74) is 1.87. The van der Waals surface area contributed by atoms with Gasteiger partial charge in [0.15, 0.2) is 0 Å². The van der Waals surface area contributed by atoms with Crippen molar-refractivity contribution < 1.29 is 19.2 Å². The Kier molecular flexibility index (Phi) is 7.82. The maximum absolute atomic E-state index is 13.6. The van der Waals surface area contributed by atoms with Crippen molar-refractivity contribution in [3.8, 4) is 0 Å². The molecule has 11 heteroatoms. The van der Waals surface area contributed by atoms with Gasteiger partial charge in [0.25, 0.3) is 5.91 Å². The number of hydrogen-bond donors (Lipinski definition) is 4. The van der Waals surface area contributed by atoms with Crippen molar-refractivity contribution in [2.75, 3.05) is 18.9 Å². The number of benzene rings is 1. The summed E-state index contributed by atoms with van der Waals surface area (Å²) in [5, 5.41) is 15.8. The Morgan fingerprint density at radius 2 is 1.82 bits per heavy atom. The van der Waals surface area contributed by atoms with Crippen molar-refractivity contribution in [2.45, 2.75) is 75.9 Å². The third kappa shape index (κ3) is 5.29. The maximum atomic E-state index is 13.6. The molecule has 0 spiro atoms. The van der Waals surface area contributed by atoms with Gasteiger partial charge in [0.2, 0.25) is 11.8 Å². The first-order chi connectivity index (χ1) is 19.2. The van der Waals surface area contributed by atoms with Gasteiger partial charge in [-0.05, 0) is 61.4 Å². The fourth-order valence-corrected chi connectivity index (χ4v) is 6.53. The molecule has 1 aromatic heterocycles. The fourth-order valence-electron chi connectivity index (χ4n) is 6.53. The number of likely N-dealkylation sites (N-methyl/N-ethyl adjacent to an activating group) is 1. The van der Waals surface area contributed by atoms with E-state index in [-0.39, 0.29) is 35.7 Å². The van der Waals surface area contributed by atoms with E-state index in [1.54, 1.807) is 31.3 Å². The molecule has 5 rings (SSSR count). The number of nitrogens with zero attached hydrogens (tertiary/aromatic N) is 3. The number of amides is 5. The molecule has 214 valence electrons. The third-order valence-electron chi connectivity index (χ3n) is 8.75. The summed E-state index contributed by atoms with van der Waals surface area (Å²) in [6.07, 6.45) is 8.01. The normalized spacial score (nSPS) is 23.6. The highest BCUT2D eigenvalue weighted by Crippen LogP contribution is 2.38. The fraction of sp³-hybridized carbons (Fsp3) is 0.552. The number of fused-ring (bicyclic) bond motifs is 1. The second-order valence-electron chi connectivity index (χ2n) is 11.4. The summed E-state index contributed by atoms with van der Waals surface area (Å²) >= 11 is 0. The van der Waals surface area contributed by atoms with Gasteiger partial charge in [-0.1, -0.05) is 25.3 Å². The van der Waals surface area contributed by atoms with Crippen LogP contribution in [0.3, 0.4) is 0 Å². The number of aryl methyl sites for hydroxylation is 1. The first-order valence-electron chi connectivity index (χ1n) is 14.2. The molecule has 0 bridgehead atoms. The summed E-state index contributed by atoms with van der Waals surface area (Å²) in [4.78, 5) is 54.5. The molecular weight excluding hydrogens is 510 g/mol. The van der Waals surface area contributed by atoms with E-state index in [2.05, 4.69) is 26.4 Å². The van der Waals surface area contributed by atoms with E-state index in [9.17, 15) is 19.2 Å². The number of urea groups is 1. The zero-order valence-electron chi connectivity index (χ0n) is 23.5. The van der Waals surface area contributed by atoms with E-state index in [4.69, 9.17) is 0 Å². The van der Waals surface area contributed by atoms with Gasteiger partial charge in [-0.2, -0.15) is 5.10 Å². The quantitative estimate of drug-likeness (QED) is 0.419. The summed E-state index contributed by atoms with van der Waals surface area (Å²) < 4.78 is 1.49. The topological polar surface area (TPSA) is 137 Å². The molecule has 1 aliphatic heterocycles. The number of anilines is 1. The van der Waals surface area contributed by atoms with E-state index in [1.165, 1.54) is 4.68 Å². The Labute approximate surface area is 234 Å². The lowest BCUT2D eigenvalue weighted by molar-refractivity contribution is -0.131. The minimum absolute atomic E-state index is 0.0428. The van der Waals surface area contributed by atoms with Crippen LogP contribution in [0.4, 0.5) is 10.5 Å². The molecular formula is C29H39N7O4. The number of rotatable bonds is 7. The molecule has 1 aromatic carbocycles. The number of hydrogen-bond acceptors (Lipinski definition) is 5. The molecule has 2 aromatic rings. The van der Waals surface area contributed by atoms with Gasteiger partial charge in [-0.3, -0.25) is 19.1 Å². The van der Waals surface area contributed by atoms with Crippen LogP contribution >= 0.6 is 0 Å². The third-order valence-corrected chi connectivity index (χ3v) is 8.75. The molecule has 3 aliphatic rings. The van der Waals surface area contributed by atoms with E-state index in [0.717, 1.165) is 49.7 Å². The first-order valence-corrected chi connectivity index (χ1v) is 14.2. The van der Waals surface area contributed by atoms with E-state index in [1.807, 2.05) is 25.1 Å². The smallest absolute Gasteiger partial charge is 0.318 e. The highest BCUT2D eigenvalue weighted by molar-refractivity contribution is 6.01. The highest BCUT2D eigenvalue weighted by atomic mass is 16.2. The molecule has 0 radical (unpaired) electrons. The molecule has 4 N–H and O–H groups in total. The first kappa shape index (κ1) is 27.7. The number of nitrogens with one attached hydrogen (secondary N) is 4. The van der Waals surface area contributed by atoms with Gasteiger partial charge >= 0.3 is 6.03 Å². The zero-order valence-corrected chi connectivity index (χ0v) is 23.5. The maximum Gasteiger partial charge on any atom is 0.318 e. The van der Waals surface area contributed by atoms with Gasteiger partial charge in [-0.25, -0.2) is 4.79 Å². The molecule has 1 saturated carbocycles. The van der Waals surface area contributed by atoms with Gasteiger partial charge in [0.05, 0.1) is 0 Å². The van der Waals surface area contributed by atoms with Crippen LogP contribution in [-0.4, -0.2) is 69.6 Å². The van der Waals surface area contributed by atoms with Crippen molar-refractivity contribution in [3.05, 3.63) is 47.3 Å². The minimum atomic E-state index is -1.02. The van der Waals surface area contributed by atoms with E-state index in [0.29, 0.717) is 30.8 Å². The van der Waals surface area contributed by atoms with Gasteiger partial charge < -0.3 is 26.2 Å². The molecule has 2 aliphatic carbocycles. The molecule has 2 unspecified atom stereocenters. The van der Waals surface area contributed by atoms with Crippen LogP contribution in [0.1, 0.15) is 67.1 Å². The summed E-state index contributed by atoms with van der Waals surface area (Å²) in [5.74, 6) is -0.748. The Hall–Kier alpha value is -3.89. The Bertz CT molecular complexity index is 1300. The Balaban J connectivity index is 1.35. The van der Waals surface area contributed by atoms with E-state index >= 15 is 0 Å². The second kappa shape index (κ2) is 11.3. The molecule has 2 fully saturated rings. The van der Waals surface area contributed by atoms with Crippen LogP contribution < -0.4 is 21.3 Å². The van der Waals surface area contributed by atoms with Gasteiger partial charge in [-0.15, -0.1) is 0 Å². The van der Waals surface area contributed by atoms with Crippen LogP contribution in [0.25, 0.3) is 0 Å². The average molecular weight is 550 g/mol. The standard InChI is InChI=1S/C29H39N7O4/c1-18-12-14-36(28(40)32-18)29(27(39)30-2)16-20-9-10-22(15-21(20)17-29)33-26(38)24(19-7-5-4-6-8-19)34-25(37)23-11-13-31-35(23)3/h9-11,13,15,18-19,24H,4-8,12,14,16-17H2,1-3H3,(H,30,39)(H,32,40)(H,33,38)(H,34,37)/t18?,24-,29?/m0/s1. The second-order valence-corrected chi connectivity index (χ2v) is 11.4. The molecule has 2 heterocycles. The van der Waals surface area contributed by atoms with Crippen molar-refractivity contribution in [1.29, 1.82) is 0 Å². The predicted molar refractivity (Wildman–Crippen MR) is 150 cm³/mol. The molecule has 3 atom stereocenters. The van der Waals surface area contributed by atoms with Crippen LogP contribution in [0.2, 0.25) is 0 Å². The lowest BCUT2D eigenvalue weighted by Crippen LogP contribution is -2.66. The SMILES string of the molecule is CNC(=O)C1(N2CCC(C)NC2=O)Cc2ccc(NC(=O)[C@@H](NC(=O)c3ccnn3C)C3CCCCC3)cc2C1. The lowest BCUT2D eigenvalue weighted by atomic mass is 9.83.